The number of hydrogen-bond donors (Lipinski definition) is 1. The molecule has 0 aromatic heterocycles. The molecule has 0 radical (unpaired) electrons. The largest absolute Gasteiger partial charge is 0.340 e. The van der Waals surface area contributed by atoms with Crippen molar-refractivity contribution in [3.8, 4) is 0 Å². The van der Waals surface area contributed by atoms with Crippen LogP contribution in [0.15, 0.2) is 48.5 Å². The predicted molar refractivity (Wildman–Crippen MR) is 98.1 cm³/mol. The van der Waals surface area contributed by atoms with Crippen molar-refractivity contribution in [3.63, 3.8) is 0 Å². The average Bonchev–Trinajstić information content (AvgIpc) is 2.78. The van der Waals surface area contributed by atoms with E-state index in [1.54, 1.807) is 29.2 Å². The van der Waals surface area contributed by atoms with Gasteiger partial charge in [0.1, 0.15) is 11.9 Å². The Hall–Kier alpha value is -2.69. The van der Waals surface area contributed by atoms with Gasteiger partial charge < -0.3 is 10.2 Å². The van der Waals surface area contributed by atoms with Crippen LogP contribution in [0.4, 0.5) is 4.39 Å². The van der Waals surface area contributed by atoms with Gasteiger partial charge in [0.2, 0.25) is 5.91 Å². The normalized spacial score (nSPS) is 17.7. The zero-order valence-corrected chi connectivity index (χ0v) is 14.9. The number of nitrogens with zero attached hydrogens (tertiary/aromatic N) is 1. The fraction of sp³-hybridized carbons (Fsp3) is 0.333. The van der Waals surface area contributed by atoms with E-state index in [0.29, 0.717) is 25.1 Å². The molecule has 1 aliphatic heterocycles. The summed E-state index contributed by atoms with van der Waals surface area (Å²) in [5.74, 6) is -0.655. The third-order valence-electron chi connectivity index (χ3n) is 4.66. The first-order valence-electron chi connectivity index (χ1n) is 8.94. The minimum absolute atomic E-state index is 0.104. The van der Waals surface area contributed by atoms with Gasteiger partial charge in [0.15, 0.2) is 0 Å². The van der Waals surface area contributed by atoms with Crippen molar-refractivity contribution in [3.05, 3.63) is 71.0 Å². The third-order valence-corrected chi connectivity index (χ3v) is 4.66. The van der Waals surface area contributed by atoms with E-state index in [0.717, 1.165) is 24.0 Å². The van der Waals surface area contributed by atoms with Gasteiger partial charge in [0.05, 0.1) is 0 Å². The van der Waals surface area contributed by atoms with Crippen LogP contribution in [0.5, 0.6) is 0 Å². The maximum Gasteiger partial charge on any atom is 0.251 e. The number of aryl methyl sites for hydroxylation is 1. The number of nitrogens with one attached hydrogen (secondary N) is 1. The van der Waals surface area contributed by atoms with Crippen molar-refractivity contribution in [2.75, 3.05) is 6.54 Å². The molecule has 4 nitrogen and oxygen atoms in total. The quantitative estimate of drug-likeness (QED) is 0.914. The molecule has 1 atom stereocenters. The zero-order chi connectivity index (χ0) is 18.5. The minimum atomic E-state index is -0.542. The van der Waals surface area contributed by atoms with Crippen molar-refractivity contribution in [2.24, 2.45) is 0 Å². The Bertz CT molecular complexity index is 789. The lowest BCUT2D eigenvalue weighted by Crippen LogP contribution is -2.47. The highest BCUT2D eigenvalue weighted by Gasteiger charge is 2.28. The average molecular weight is 354 g/mol. The van der Waals surface area contributed by atoms with Gasteiger partial charge in [-0.3, -0.25) is 9.59 Å². The minimum Gasteiger partial charge on any atom is -0.340 e. The molecule has 1 fully saturated rings. The van der Waals surface area contributed by atoms with Crippen LogP contribution >= 0.6 is 0 Å². The van der Waals surface area contributed by atoms with Crippen molar-refractivity contribution in [1.82, 2.24) is 10.2 Å². The van der Waals surface area contributed by atoms with Crippen molar-refractivity contribution >= 4 is 11.8 Å². The van der Waals surface area contributed by atoms with Crippen LogP contribution in [0, 0.1) is 12.7 Å². The van der Waals surface area contributed by atoms with E-state index in [4.69, 9.17) is 0 Å². The second-order valence-corrected chi connectivity index (χ2v) is 6.78. The monoisotopic (exact) mass is 354 g/mol. The molecule has 3 rings (SSSR count). The second kappa shape index (κ2) is 8.13. The van der Waals surface area contributed by atoms with E-state index in [-0.39, 0.29) is 17.6 Å². The fourth-order valence-corrected chi connectivity index (χ4v) is 3.20. The molecule has 2 aromatic carbocycles. The van der Waals surface area contributed by atoms with Gasteiger partial charge in [0, 0.05) is 18.7 Å². The maximum absolute atomic E-state index is 13.4. The summed E-state index contributed by atoms with van der Waals surface area (Å²) < 4.78 is 13.4. The lowest BCUT2D eigenvalue weighted by molar-refractivity contribution is -0.133. The molecule has 0 aliphatic carbocycles. The molecular formula is C21H23FN2O2. The molecule has 0 saturated carbocycles. The highest BCUT2D eigenvalue weighted by atomic mass is 19.1. The molecule has 136 valence electrons. The van der Waals surface area contributed by atoms with Crippen LogP contribution < -0.4 is 5.32 Å². The Morgan fingerprint density at radius 2 is 1.96 bits per heavy atom. The highest BCUT2D eigenvalue weighted by Crippen LogP contribution is 2.16. The van der Waals surface area contributed by atoms with Crippen LogP contribution in [-0.2, 0) is 11.3 Å². The summed E-state index contributed by atoms with van der Waals surface area (Å²) in [5.41, 5.74) is 2.38. The molecule has 1 N–H and O–H groups in total. The Balaban J connectivity index is 1.69. The predicted octanol–water partition coefficient (Wildman–Crippen LogP) is 3.45. The summed E-state index contributed by atoms with van der Waals surface area (Å²) in [4.78, 5) is 27.0. The van der Waals surface area contributed by atoms with E-state index in [1.165, 1.54) is 12.1 Å². The Kier molecular flexibility index (Phi) is 5.66. The first kappa shape index (κ1) is 18.1. The SMILES string of the molecule is Cc1ccc(C(=O)NC2CCCCN(Cc3cccc(F)c3)C2=O)cc1. The van der Waals surface area contributed by atoms with E-state index < -0.39 is 6.04 Å². The lowest BCUT2D eigenvalue weighted by atomic mass is 10.1. The van der Waals surface area contributed by atoms with E-state index in [9.17, 15) is 14.0 Å². The zero-order valence-electron chi connectivity index (χ0n) is 14.9. The highest BCUT2D eigenvalue weighted by molar-refractivity contribution is 5.97. The Morgan fingerprint density at radius 1 is 1.19 bits per heavy atom. The number of carbonyl (C=O) groups is 2. The van der Waals surface area contributed by atoms with Gasteiger partial charge in [-0.2, -0.15) is 0 Å². The van der Waals surface area contributed by atoms with Gasteiger partial charge in [-0.1, -0.05) is 29.8 Å². The van der Waals surface area contributed by atoms with Crippen molar-refractivity contribution in [2.45, 2.75) is 38.8 Å². The number of likely N-dealkylation sites (tertiary alicyclic amines) is 1. The van der Waals surface area contributed by atoms with Crippen LogP contribution in [0.3, 0.4) is 0 Å². The van der Waals surface area contributed by atoms with Gasteiger partial charge in [0.25, 0.3) is 5.91 Å². The summed E-state index contributed by atoms with van der Waals surface area (Å²) >= 11 is 0. The molecular weight excluding hydrogens is 331 g/mol. The third kappa shape index (κ3) is 4.48. The van der Waals surface area contributed by atoms with Crippen LogP contribution in [-0.4, -0.2) is 29.3 Å². The molecule has 1 heterocycles. The van der Waals surface area contributed by atoms with E-state index in [1.807, 2.05) is 19.1 Å². The first-order chi connectivity index (χ1) is 12.5. The fourth-order valence-electron chi connectivity index (χ4n) is 3.20. The first-order valence-corrected chi connectivity index (χ1v) is 8.94. The van der Waals surface area contributed by atoms with E-state index in [2.05, 4.69) is 5.32 Å². The van der Waals surface area contributed by atoms with Gasteiger partial charge >= 0.3 is 0 Å². The van der Waals surface area contributed by atoms with Crippen molar-refractivity contribution < 1.29 is 14.0 Å². The number of rotatable bonds is 4. The number of amides is 2. The smallest absolute Gasteiger partial charge is 0.251 e. The van der Waals surface area contributed by atoms with Crippen LogP contribution in [0.2, 0.25) is 0 Å². The molecule has 1 aliphatic rings. The molecule has 2 aromatic rings. The number of halogens is 1. The molecule has 26 heavy (non-hydrogen) atoms. The molecule has 5 heteroatoms. The molecule has 2 amide bonds. The Morgan fingerprint density at radius 3 is 2.69 bits per heavy atom. The summed E-state index contributed by atoms with van der Waals surface area (Å²) in [5, 5.41) is 2.87. The van der Waals surface area contributed by atoms with Crippen LogP contribution in [0.25, 0.3) is 0 Å². The summed E-state index contributed by atoms with van der Waals surface area (Å²) in [6.45, 7) is 2.93. The van der Waals surface area contributed by atoms with Crippen LogP contribution in [0.1, 0.15) is 40.7 Å². The Labute approximate surface area is 153 Å². The maximum atomic E-state index is 13.4. The summed E-state index contributed by atoms with van der Waals surface area (Å²) in [7, 11) is 0. The lowest BCUT2D eigenvalue weighted by Gasteiger charge is -2.25. The topological polar surface area (TPSA) is 49.4 Å². The molecule has 1 saturated heterocycles. The molecule has 0 spiro atoms. The second-order valence-electron chi connectivity index (χ2n) is 6.78. The van der Waals surface area contributed by atoms with Crippen molar-refractivity contribution in [1.29, 1.82) is 0 Å². The number of carbonyl (C=O) groups excluding carboxylic acids is 2. The van der Waals surface area contributed by atoms with E-state index >= 15 is 0 Å². The molecule has 1 unspecified atom stereocenters. The number of hydrogen-bond acceptors (Lipinski definition) is 2. The molecule has 0 bridgehead atoms. The summed E-state index contributed by atoms with van der Waals surface area (Å²) in [6.07, 6.45) is 2.36. The standard InChI is InChI=1S/C21H23FN2O2/c1-15-8-10-17(11-9-15)20(25)23-19-7-2-3-12-24(21(19)26)14-16-5-4-6-18(22)13-16/h4-6,8-11,13,19H,2-3,7,12,14H2,1H3,(H,23,25). The summed E-state index contributed by atoms with van der Waals surface area (Å²) in [6, 6.07) is 13.0. The van der Waals surface area contributed by atoms with Gasteiger partial charge in [-0.15, -0.1) is 0 Å². The number of benzene rings is 2. The van der Waals surface area contributed by atoms with Gasteiger partial charge in [-0.25, -0.2) is 4.39 Å². The van der Waals surface area contributed by atoms with Gasteiger partial charge in [-0.05, 0) is 56.0 Å².